The summed E-state index contributed by atoms with van der Waals surface area (Å²) in [6.45, 7) is 0. The molecule has 2 aliphatic heterocycles. The van der Waals surface area contributed by atoms with Crippen LogP contribution < -0.4 is 28.4 Å². The smallest absolute Gasteiger partial charge is 0.312 e. The number of methoxy groups -OCH3 is 4. The summed E-state index contributed by atoms with van der Waals surface area (Å²) in [5.74, 6) is 1.70. The average molecular weight is 488 g/mol. The van der Waals surface area contributed by atoms with Crippen LogP contribution in [0.15, 0.2) is 54.3 Å². The summed E-state index contributed by atoms with van der Waals surface area (Å²) in [6, 6.07) is 14.2. The summed E-state index contributed by atoms with van der Waals surface area (Å²) >= 11 is 0. The number of esters is 1. The SMILES string of the molecule is COc1ccccc1C=C1Oc2c(ccc3c2C(c2cc(OC)c(OC)c(OC)c2)CC(=O)O3)C1=O. The predicted octanol–water partition coefficient (Wildman–Crippen LogP) is 4.78. The van der Waals surface area contributed by atoms with Crippen molar-refractivity contribution >= 4 is 17.8 Å². The Morgan fingerprint density at radius 2 is 1.53 bits per heavy atom. The van der Waals surface area contributed by atoms with Gasteiger partial charge in [0.25, 0.3) is 0 Å². The Bertz CT molecular complexity index is 1380. The fourth-order valence-electron chi connectivity index (χ4n) is 4.62. The van der Waals surface area contributed by atoms with Crippen molar-refractivity contribution in [2.75, 3.05) is 28.4 Å². The number of fused-ring (bicyclic) bond motifs is 3. The number of ketones is 1. The van der Waals surface area contributed by atoms with E-state index < -0.39 is 11.9 Å². The zero-order chi connectivity index (χ0) is 25.4. The minimum atomic E-state index is -0.469. The Morgan fingerprint density at radius 3 is 2.19 bits per heavy atom. The van der Waals surface area contributed by atoms with Gasteiger partial charge in [-0.1, -0.05) is 18.2 Å². The minimum absolute atomic E-state index is 0.0468. The van der Waals surface area contributed by atoms with Crippen molar-refractivity contribution in [3.05, 3.63) is 76.5 Å². The molecule has 1 atom stereocenters. The zero-order valence-electron chi connectivity index (χ0n) is 20.2. The molecule has 1 unspecified atom stereocenters. The summed E-state index contributed by atoms with van der Waals surface area (Å²) in [4.78, 5) is 25.8. The zero-order valence-corrected chi connectivity index (χ0v) is 20.2. The Hall–Kier alpha value is -4.46. The van der Waals surface area contributed by atoms with Gasteiger partial charge >= 0.3 is 5.97 Å². The highest BCUT2D eigenvalue weighted by Crippen LogP contribution is 2.51. The van der Waals surface area contributed by atoms with Crippen LogP contribution in [0.25, 0.3) is 6.08 Å². The Morgan fingerprint density at radius 1 is 0.833 bits per heavy atom. The number of ether oxygens (including phenoxy) is 6. The fraction of sp³-hybridized carbons (Fsp3) is 0.214. The van der Waals surface area contributed by atoms with Gasteiger partial charge in [-0.3, -0.25) is 9.59 Å². The van der Waals surface area contributed by atoms with Gasteiger partial charge < -0.3 is 28.4 Å². The van der Waals surface area contributed by atoms with Crippen LogP contribution in [0.2, 0.25) is 0 Å². The Kier molecular flexibility index (Phi) is 6.01. The van der Waals surface area contributed by atoms with Crippen molar-refractivity contribution in [1.29, 1.82) is 0 Å². The third-order valence-electron chi connectivity index (χ3n) is 6.29. The van der Waals surface area contributed by atoms with Crippen LogP contribution >= 0.6 is 0 Å². The number of para-hydroxylation sites is 1. The Labute approximate surface area is 207 Å². The molecule has 3 aromatic rings. The van der Waals surface area contributed by atoms with Gasteiger partial charge in [0.15, 0.2) is 17.3 Å². The maximum Gasteiger partial charge on any atom is 0.312 e. The number of carbonyl (C=O) groups excluding carboxylic acids is 2. The summed E-state index contributed by atoms with van der Waals surface area (Å²) in [5.41, 5.74) is 2.44. The van der Waals surface area contributed by atoms with Crippen LogP contribution in [0.1, 0.15) is 39.4 Å². The van der Waals surface area contributed by atoms with E-state index in [9.17, 15) is 9.59 Å². The lowest BCUT2D eigenvalue weighted by molar-refractivity contribution is -0.135. The van der Waals surface area contributed by atoms with Crippen LogP contribution in [0, 0.1) is 0 Å². The highest BCUT2D eigenvalue weighted by atomic mass is 16.5. The predicted molar refractivity (Wildman–Crippen MR) is 131 cm³/mol. The van der Waals surface area contributed by atoms with E-state index in [0.717, 1.165) is 5.56 Å². The first kappa shape index (κ1) is 23.3. The summed E-state index contributed by atoms with van der Waals surface area (Å²) in [7, 11) is 6.14. The van der Waals surface area contributed by atoms with Crippen LogP contribution in [0.5, 0.6) is 34.5 Å². The van der Waals surface area contributed by atoms with E-state index in [2.05, 4.69) is 0 Å². The molecule has 0 bridgehead atoms. The molecule has 0 fully saturated rings. The number of rotatable bonds is 6. The van der Waals surface area contributed by atoms with Crippen molar-refractivity contribution in [1.82, 2.24) is 0 Å². The molecule has 0 saturated heterocycles. The largest absolute Gasteiger partial charge is 0.496 e. The van der Waals surface area contributed by atoms with Crippen molar-refractivity contribution < 1.29 is 38.0 Å². The second-order valence-corrected chi connectivity index (χ2v) is 8.23. The molecule has 36 heavy (non-hydrogen) atoms. The summed E-state index contributed by atoms with van der Waals surface area (Å²) < 4.78 is 33.5. The molecule has 0 spiro atoms. The first-order chi connectivity index (χ1) is 17.5. The highest BCUT2D eigenvalue weighted by Gasteiger charge is 2.39. The fourth-order valence-corrected chi connectivity index (χ4v) is 4.62. The molecule has 184 valence electrons. The normalized spacial score (nSPS) is 17.1. The molecule has 0 aromatic heterocycles. The standard InChI is InChI=1S/C28H24O8/c1-31-19-8-6-5-7-15(19)11-21-26(30)17-9-10-20-25(27(17)36-21)18(14-24(29)35-20)16-12-22(32-2)28(34-4)23(13-16)33-3/h5-13,18H,14H2,1-4H3. The first-order valence-electron chi connectivity index (χ1n) is 11.2. The molecule has 5 rings (SSSR count). The van der Waals surface area contributed by atoms with E-state index >= 15 is 0 Å². The van der Waals surface area contributed by atoms with E-state index in [-0.39, 0.29) is 18.0 Å². The monoisotopic (exact) mass is 488 g/mol. The van der Waals surface area contributed by atoms with Gasteiger partial charge in [0, 0.05) is 17.0 Å². The maximum absolute atomic E-state index is 13.3. The molecule has 8 nitrogen and oxygen atoms in total. The van der Waals surface area contributed by atoms with Gasteiger partial charge in [-0.15, -0.1) is 0 Å². The molecule has 0 N–H and O–H groups in total. The molecule has 0 amide bonds. The molecular weight excluding hydrogens is 464 g/mol. The quantitative estimate of drug-likeness (QED) is 0.278. The van der Waals surface area contributed by atoms with Crippen molar-refractivity contribution in [2.45, 2.75) is 12.3 Å². The average Bonchev–Trinajstić information content (AvgIpc) is 3.22. The number of Topliss-reactive ketones (excluding diaryl/α,β-unsaturated/α-hetero) is 1. The van der Waals surface area contributed by atoms with Crippen molar-refractivity contribution in [3.63, 3.8) is 0 Å². The second-order valence-electron chi connectivity index (χ2n) is 8.23. The highest BCUT2D eigenvalue weighted by molar-refractivity contribution is 6.15. The van der Waals surface area contributed by atoms with Gasteiger partial charge in [0.2, 0.25) is 11.5 Å². The third kappa shape index (κ3) is 3.80. The van der Waals surface area contributed by atoms with E-state index in [0.29, 0.717) is 51.2 Å². The van der Waals surface area contributed by atoms with E-state index in [1.54, 1.807) is 43.5 Å². The maximum atomic E-state index is 13.3. The van der Waals surface area contributed by atoms with E-state index in [1.165, 1.54) is 21.3 Å². The summed E-state index contributed by atoms with van der Waals surface area (Å²) in [5, 5.41) is 0. The van der Waals surface area contributed by atoms with Gasteiger partial charge in [0.1, 0.15) is 17.2 Å². The van der Waals surface area contributed by atoms with Gasteiger partial charge in [0.05, 0.1) is 40.4 Å². The minimum Gasteiger partial charge on any atom is -0.496 e. The Balaban J connectivity index is 1.64. The van der Waals surface area contributed by atoms with Crippen LogP contribution in [0.4, 0.5) is 0 Å². The van der Waals surface area contributed by atoms with Crippen LogP contribution in [-0.2, 0) is 4.79 Å². The number of allylic oxidation sites excluding steroid dienone is 1. The molecule has 0 saturated carbocycles. The number of carbonyl (C=O) groups is 2. The second kappa shape index (κ2) is 9.30. The molecule has 0 aliphatic carbocycles. The number of hydrogen-bond acceptors (Lipinski definition) is 8. The van der Waals surface area contributed by atoms with Gasteiger partial charge in [-0.25, -0.2) is 0 Å². The molecular formula is C28H24O8. The van der Waals surface area contributed by atoms with Gasteiger partial charge in [-0.2, -0.15) is 0 Å². The topological polar surface area (TPSA) is 89.5 Å². The molecule has 2 aliphatic rings. The number of hydrogen-bond donors (Lipinski definition) is 0. The third-order valence-corrected chi connectivity index (χ3v) is 6.29. The van der Waals surface area contributed by atoms with E-state index in [1.807, 2.05) is 18.2 Å². The van der Waals surface area contributed by atoms with E-state index in [4.69, 9.17) is 28.4 Å². The van der Waals surface area contributed by atoms with Crippen LogP contribution in [-0.4, -0.2) is 40.2 Å². The molecule has 3 aromatic carbocycles. The molecule has 0 radical (unpaired) electrons. The lowest BCUT2D eigenvalue weighted by Gasteiger charge is -2.27. The molecule has 2 heterocycles. The first-order valence-corrected chi connectivity index (χ1v) is 11.2. The molecule has 8 heteroatoms. The summed E-state index contributed by atoms with van der Waals surface area (Å²) in [6.07, 6.45) is 1.70. The number of benzene rings is 3. The van der Waals surface area contributed by atoms with Crippen molar-refractivity contribution in [2.24, 2.45) is 0 Å². The van der Waals surface area contributed by atoms with Crippen LogP contribution in [0.3, 0.4) is 0 Å². The lowest BCUT2D eigenvalue weighted by Crippen LogP contribution is -2.21. The lowest BCUT2D eigenvalue weighted by atomic mass is 9.84. The van der Waals surface area contributed by atoms with Gasteiger partial charge in [-0.05, 0) is 42.0 Å². The van der Waals surface area contributed by atoms with Crippen molar-refractivity contribution in [3.8, 4) is 34.5 Å².